The van der Waals surface area contributed by atoms with Gasteiger partial charge >= 0.3 is 0 Å². The summed E-state index contributed by atoms with van der Waals surface area (Å²) in [5, 5.41) is 6.06. The van der Waals surface area contributed by atoms with Gasteiger partial charge in [-0.05, 0) is 32.0 Å². The highest BCUT2D eigenvalue weighted by molar-refractivity contribution is 5.89. The molecule has 6 nitrogen and oxygen atoms in total. The van der Waals surface area contributed by atoms with Crippen LogP contribution in [-0.2, 0) is 6.54 Å². The summed E-state index contributed by atoms with van der Waals surface area (Å²) in [6.45, 7) is 4.38. The predicted octanol–water partition coefficient (Wildman–Crippen LogP) is 2.47. The molecule has 1 atom stereocenters. The molecule has 1 heterocycles. The Balaban J connectivity index is 2.09. The number of carbonyl (C=O) groups excluding carboxylic acids is 1. The molecule has 4 N–H and O–H groups in total. The lowest BCUT2D eigenvalue weighted by Gasteiger charge is -2.18. The van der Waals surface area contributed by atoms with Crippen molar-refractivity contribution < 1.29 is 18.0 Å². The highest BCUT2D eigenvalue weighted by Crippen LogP contribution is 2.17. The summed E-state index contributed by atoms with van der Waals surface area (Å²) in [6, 6.07) is 6.08. The van der Waals surface area contributed by atoms with Crippen LogP contribution < -0.4 is 16.4 Å². The van der Waals surface area contributed by atoms with E-state index in [1.165, 1.54) is 18.2 Å². The largest absolute Gasteiger partial charge is 0.454 e. The van der Waals surface area contributed by atoms with Gasteiger partial charge in [-0.1, -0.05) is 6.07 Å². The van der Waals surface area contributed by atoms with E-state index in [9.17, 15) is 13.6 Å². The van der Waals surface area contributed by atoms with E-state index in [1.807, 2.05) is 6.92 Å². The molecule has 1 aromatic carbocycles. The maximum atomic E-state index is 13.9. The Morgan fingerprint density at radius 2 is 2.08 bits per heavy atom. The molecule has 0 bridgehead atoms. The van der Waals surface area contributed by atoms with Crippen LogP contribution in [0.15, 0.2) is 39.7 Å². The van der Waals surface area contributed by atoms with Crippen molar-refractivity contribution in [3.05, 3.63) is 59.1 Å². The number of nitrogens with two attached hydrogens (primary N) is 1. The summed E-state index contributed by atoms with van der Waals surface area (Å²) in [7, 11) is 0. The van der Waals surface area contributed by atoms with E-state index in [0.29, 0.717) is 23.8 Å². The lowest BCUT2D eigenvalue weighted by Crippen LogP contribution is -2.39. The van der Waals surface area contributed by atoms with Crippen LogP contribution in [0.25, 0.3) is 0 Å². The molecule has 0 aliphatic carbocycles. The minimum absolute atomic E-state index is 0.0601. The fourth-order valence-corrected chi connectivity index (χ4v) is 2.21. The molecule has 8 heteroatoms. The number of carbonyl (C=O) groups is 1. The lowest BCUT2D eigenvalue weighted by molar-refractivity contribution is 0.0972. The third-order valence-corrected chi connectivity index (χ3v) is 3.42. The van der Waals surface area contributed by atoms with Gasteiger partial charge in [0.1, 0.15) is 23.9 Å². The zero-order valence-electron chi connectivity index (χ0n) is 14.0. The molecule has 0 spiro atoms. The number of amides is 1. The number of furan rings is 1. The summed E-state index contributed by atoms with van der Waals surface area (Å²) in [5.74, 6) is -0.960. The molecular weight excluding hydrogens is 330 g/mol. The van der Waals surface area contributed by atoms with Crippen LogP contribution in [0.3, 0.4) is 0 Å². The standard InChI is InChI=1S/C17H20F2N4O2/c1-3-21-17(22-9-12-5-7-15(25-12)16(20)24)23-10(2)13-6-4-11(18)8-14(13)19/h4-8,10H,3,9H2,1-2H3,(H2,20,24)(H2,21,22,23). The average molecular weight is 350 g/mol. The minimum Gasteiger partial charge on any atom is -0.454 e. The smallest absolute Gasteiger partial charge is 0.284 e. The number of nitrogens with one attached hydrogen (secondary N) is 2. The first kappa shape index (κ1) is 18.4. The molecule has 0 aliphatic rings. The first-order valence-electron chi connectivity index (χ1n) is 7.79. The summed E-state index contributed by atoms with van der Waals surface area (Å²) in [6.07, 6.45) is 0. The fraction of sp³-hybridized carbons (Fsp3) is 0.294. The molecule has 0 saturated carbocycles. The number of rotatable bonds is 6. The molecule has 2 aromatic rings. The zero-order chi connectivity index (χ0) is 18.4. The molecule has 1 amide bonds. The van der Waals surface area contributed by atoms with Crippen molar-refractivity contribution in [3.63, 3.8) is 0 Å². The number of hydrogen-bond donors (Lipinski definition) is 3. The molecule has 0 fully saturated rings. The summed E-state index contributed by atoms with van der Waals surface area (Å²) >= 11 is 0. The van der Waals surface area contributed by atoms with Gasteiger partial charge in [-0.25, -0.2) is 13.8 Å². The van der Waals surface area contributed by atoms with Crippen LogP contribution in [-0.4, -0.2) is 18.4 Å². The van der Waals surface area contributed by atoms with Gasteiger partial charge in [0, 0.05) is 18.2 Å². The Morgan fingerprint density at radius 3 is 2.68 bits per heavy atom. The molecular formula is C17H20F2N4O2. The lowest BCUT2D eigenvalue weighted by atomic mass is 10.1. The Kier molecular flexibility index (Phi) is 6.10. The van der Waals surface area contributed by atoms with E-state index in [2.05, 4.69) is 15.6 Å². The van der Waals surface area contributed by atoms with Crippen LogP contribution in [0, 0.1) is 11.6 Å². The van der Waals surface area contributed by atoms with Crippen molar-refractivity contribution in [2.24, 2.45) is 10.7 Å². The van der Waals surface area contributed by atoms with Crippen molar-refractivity contribution in [2.45, 2.75) is 26.4 Å². The third-order valence-electron chi connectivity index (χ3n) is 3.42. The monoisotopic (exact) mass is 350 g/mol. The van der Waals surface area contributed by atoms with Gasteiger partial charge in [-0.2, -0.15) is 0 Å². The van der Waals surface area contributed by atoms with Gasteiger partial charge in [0.2, 0.25) is 0 Å². The second kappa shape index (κ2) is 8.27. The van der Waals surface area contributed by atoms with Gasteiger partial charge in [-0.3, -0.25) is 4.79 Å². The minimum atomic E-state index is -0.652. The number of hydrogen-bond acceptors (Lipinski definition) is 3. The normalized spacial score (nSPS) is 12.7. The number of nitrogens with zero attached hydrogens (tertiary/aromatic N) is 1. The van der Waals surface area contributed by atoms with Crippen LogP contribution in [0.4, 0.5) is 8.78 Å². The van der Waals surface area contributed by atoms with Crippen molar-refractivity contribution >= 4 is 11.9 Å². The van der Waals surface area contributed by atoms with Crippen molar-refractivity contribution in [2.75, 3.05) is 6.54 Å². The van der Waals surface area contributed by atoms with Gasteiger partial charge in [-0.15, -0.1) is 0 Å². The van der Waals surface area contributed by atoms with Crippen molar-refractivity contribution in [1.29, 1.82) is 0 Å². The zero-order valence-corrected chi connectivity index (χ0v) is 14.0. The Morgan fingerprint density at radius 1 is 1.32 bits per heavy atom. The number of benzene rings is 1. The highest BCUT2D eigenvalue weighted by atomic mass is 19.1. The number of halogens is 2. The van der Waals surface area contributed by atoms with Gasteiger partial charge in [0.25, 0.3) is 5.91 Å². The first-order chi connectivity index (χ1) is 11.9. The van der Waals surface area contributed by atoms with E-state index in [4.69, 9.17) is 10.2 Å². The van der Waals surface area contributed by atoms with E-state index in [1.54, 1.807) is 13.0 Å². The quantitative estimate of drug-likeness (QED) is 0.551. The summed E-state index contributed by atoms with van der Waals surface area (Å²) in [4.78, 5) is 15.3. The summed E-state index contributed by atoms with van der Waals surface area (Å²) < 4.78 is 32.1. The molecule has 134 valence electrons. The van der Waals surface area contributed by atoms with E-state index >= 15 is 0 Å². The molecule has 25 heavy (non-hydrogen) atoms. The van der Waals surface area contributed by atoms with Gasteiger partial charge < -0.3 is 20.8 Å². The van der Waals surface area contributed by atoms with Crippen LogP contribution in [0.5, 0.6) is 0 Å². The average Bonchev–Trinajstić information content (AvgIpc) is 3.02. The van der Waals surface area contributed by atoms with Crippen LogP contribution >= 0.6 is 0 Å². The maximum Gasteiger partial charge on any atom is 0.284 e. The van der Waals surface area contributed by atoms with E-state index in [-0.39, 0.29) is 12.3 Å². The van der Waals surface area contributed by atoms with Crippen molar-refractivity contribution in [1.82, 2.24) is 10.6 Å². The summed E-state index contributed by atoms with van der Waals surface area (Å²) in [5.41, 5.74) is 5.45. The van der Waals surface area contributed by atoms with E-state index < -0.39 is 23.6 Å². The maximum absolute atomic E-state index is 13.9. The number of guanidine groups is 1. The topological polar surface area (TPSA) is 92.6 Å². The molecule has 0 aliphatic heterocycles. The Hall–Kier alpha value is -2.90. The molecule has 2 rings (SSSR count). The molecule has 0 saturated heterocycles. The second-order valence-electron chi connectivity index (χ2n) is 5.36. The first-order valence-corrected chi connectivity index (χ1v) is 7.79. The Bertz CT molecular complexity index is 774. The van der Waals surface area contributed by atoms with Crippen LogP contribution in [0.1, 0.15) is 41.8 Å². The van der Waals surface area contributed by atoms with E-state index in [0.717, 1.165) is 6.07 Å². The highest BCUT2D eigenvalue weighted by Gasteiger charge is 2.13. The fourth-order valence-electron chi connectivity index (χ4n) is 2.21. The number of aliphatic imine (C=N–C) groups is 1. The number of primary amides is 1. The molecule has 0 radical (unpaired) electrons. The molecule has 1 unspecified atom stereocenters. The predicted molar refractivity (Wildman–Crippen MR) is 90.0 cm³/mol. The third kappa shape index (κ3) is 5.03. The second-order valence-corrected chi connectivity index (χ2v) is 5.36. The molecule has 1 aromatic heterocycles. The Labute approximate surface area is 144 Å². The van der Waals surface area contributed by atoms with Gasteiger partial charge in [0.05, 0.1) is 6.04 Å². The van der Waals surface area contributed by atoms with Gasteiger partial charge in [0.15, 0.2) is 11.7 Å². The van der Waals surface area contributed by atoms with Crippen LogP contribution in [0.2, 0.25) is 0 Å². The SMILES string of the molecule is CCNC(=NCc1ccc(C(N)=O)o1)NC(C)c1ccc(F)cc1F. The van der Waals surface area contributed by atoms with Crippen molar-refractivity contribution in [3.8, 4) is 0 Å².